The number of furan rings is 1. The van der Waals surface area contributed by atoms with Crippen molar-refractivity contribution in [2.24, 2.45) is 0 Å². The van der Waals surface area contributed by atoms with Crippen molar-refractivity contribution in [1.29, 1.82) is 0 Å². The quantitative estimate of drug-likeness (QED) is 0.698. The van der Waals surface area contributed by atoms with Gasteiger partial charge in [-0.15, -0.1) is 0 Å². The highest BCUT2D eigenvalue weighted by Gasteiger charge is 2.25. The maximum absolute atomic E-state index is 5.95. The molecule has 3 aromatic heterocycles. The predicted molar refractivity (Wildman–Crippen MR) is 88.0 cm³/mol. The van der Waals surface area contributed by atoms with E-state index in [1.807, 2.05) is 30.7 Å². The Balaban J connectivity index is 1.40. The molecule has 4 rings (SSSR count). The summed E-state index contributed by atoms with van der Waals surface area (Å²) in [6, 6.07) is 6.24. The number of hydrogen-bond acceptors (Lipinski definition) is 5. The number of aromatic nitrogens is 3. The molecule has 1 atom stereocenters. The van der Waals surface area contributed by atoms with Gasteiger partial charge in [0.1, 0.15) is 0 Å². The van der Waals surface area contributed by atoms with Crippen LogP contribution < -0.4 is 0 Å². The summed E-state index contributed by atoms with van der Waals surface area (Å²) in [5.74, 6) is 0. The Morgan fingerprint density at radius 2 is 2.08 bits per heavy atom. The van der Waals surface area contributed by atoms with Crippen LogP contribution in [0.15, 0.2) is 60.1 Å². The normalized spacial score (nSPS) is 17.8. The van der Waals surface area contributed by atoms with Crippen LogP contribution in [0.3, 0.4) is 0 Å². The van der Waals surface area contributed by atoms with Crippen LogP contribution >= 0.6 is 0 Å². The van der Waals surface area contributed by atoms with Crippen LogP contribution in [0.25, 0.3) is 0 Å². The lowest BCUT2D eigenvalue weighted by atomic mass is 10.1. The molecule has 0 bridgehead atoms. The Morgan fingerprint density at radius 3 is 2.92 bits per heavy atom. The molecule has 0 radical (unpaired) electrons. The molecule has 0 N–H and O–H groups in total. The van der Waals surface area contributed by atoms with E-state index in [0.29, 0.717) is 13.2 Å². The molecule has 0 amide bonds. The standard InChI is InChI=1S/C18H20N4O2/c1-4-19-5-2-15(1)11-24-13-18-10-21(8-16-3-6-23-12-16)9-17-7-20-14-22(17)18/h1-7,12,14,18H,8-11,13H2/t18-/m0/s1. The molecule has 6 heteroatoms. The van der Waals surface area contributed by atoms with E-state index in [9.17, 15) is 0 Å². The Bertz CT molecular complexity index is 754. The summed E-state index contributed by atoms with van der Waals surface area (Å²) in [4.78, 5) is 10.7. The minimum absolute atomic E-state index is 0.269. The fraction of sp³-hybridized carbons (Fsp3) is 0.333. The lowest BCUT2D eigenvalue weighted by Gasteiger charge is -2.34. The second-order valence-corrected chi connectivity index (χ2v) is 6.12. The van der Waals surface area contributed by atoms with E-state index in [2.05, 4.69) is 19.4 Å². The third kappa shape index (κ3) is 3.39. The van der Waals surface area contributed by atoms with Crippen molar-refractivity contribution in [3.63, 3.8) is 0 Å². The van der Waals surface area contributed by atoms with Gasteiger partial charge in [0.05, 0.1) is 43.8 Å². The molecule has 0 fully saturated rings. The van der Waals surface area contributed by atoms with Crippen molar-refractivity contribution >= 4 is 0 Å². The summed E-state index contributed by atoms with van der Waals surface area (Å²) in [5.41, 5.74) is 3.56. The molecule has 0 aliphatic carbocycles. The summed E-state index contributed by atoms with van der Waals surface area (Å²) < 4.78 is 13.4. The lowest BCUT2D eigenvalue weighted by molar-refractivity contribution is 0.0587. The molecular weight excluding hydrogens is 304 g/mol. The van der Waals surface area contributed by atoms with E-state index in [-0.39, 0.29) is 6.04 Å². The van der Waals surface area contributed by atoms with Crippen molar-refractivity contribution in [2.45, 2.75) is 25.7 Å². The van der Waals surface area contributed by atoms with Gasteiger partial charge in [0.25, 0.3) is 0 Å². The molecule has 1 aliphatic heterocycles. The Labute approximate surface area is 140 Å². The van der Waals surface area contributed by atoms with Crippen LogP contribution in [0.4, 0.5) is 0 Å². The molecule has 0 unspecified atom stereocenters. The van der Waals surface area contributed by atoms with Crippen LogP contribution in [0, 0.1) is 0 Å². The molecule has 4 heterocycles. The topological polar surface area (TPSA) is 56.3 Å². The second kappa shape index (κ2) is 6.98. The highest BCUT2D eigenvalue weighted by atomic mass is 16.5. The van der Waals surface area contributed by atoms with E-state index in [4.69, 9.17) is 9.15 Å². The number of hydrogen-bond donors (Lipinski definition) is 0. The number of pyridine rings is 1. The fourth-order valence-corrected chi connectivity index (χ4v) is 3.15. The van der Waals surface area contributed by atoms with Gasteiger partial charge >= 0.3 is 0 Å². The smallest absolute Gasteiger partial charge is 0.0952 e. The maximum atomic E-state index is 5.95. The highest BCUT2D eigenvalue weighted by molar-refractivity contribution is 5.10. The van der Waals surface area contributed by atoms with E-state index < -0.39 is 0 Å². The third-order valence-electron chi connectivity index (χ3n) is 4.31. The first kappa shape index (κ1) is 15.1. The summed E-state index contributed by atoms with van der Waals surface area (Å²) in [6.07, 6.45) is 11.0. The van der Waals surface area contributed by atoms with Gasteiger partial charge in [-0.1, -0.05) is 0 Å². The molecule has 0 aromatic carbocycles. The van der Waals surface area contributed by atoms with Crippen molar-refractivity contribution in [1.82, 2.24) is 19.4 Å². The van der Waals surface area contributed by atoms with Crippen molar-refractivity contribution in [3.8, 4) is 0 Å². The van der Waals surface area contributed by atoms with Crippen LogP contribution in [0.5, 0.6) is 0 Å². The number of nitrogens with zero attached hydrogens (tertiary/aromatic N) is 4. The van der Waals surface area contributed by atoms with Crippen LogP contribution in [-0.4, -0.2) is 32.6 Å². The van der Waals surface area contributed by atoms with Gasteiger partial charge in [0.15, 0.2) is 0 Å². The monoisotopic (exact) mass is 324 g/mol. The number of ether oxygens (including phenoxy) is 1. The first-order chi connectivity index (χ1) is 11.9. The molecule has 6 nitrogen and oxygen atoms in total. The second-order valence-electron chi connectivity index (χ2n) is 6.12. The van der Waals surface area contributed by atoms with Crippen LogP contribution in [0.2, 0.25) is 0 Å². The Morgan fingerprint density at radius 1 is 1.17 bits per heavy atom. The van der Waals surface area contributed by atoms with Crippen molar-refractivity contribution in [2.75, 3.05) is 13.2 Å². The SMILES string of the molecule is c1cc(COC[C@@H]2CN(Cc3ccoc3)Cc3cncn32)ccn1. The largest absolute Gasteiger partial charge is 0.472 e. The zero-order valence-corrected chi connectivity index (χ0v) is 13.4. The van der Waals surface area contributed by atoms with Crippen molar-refractivity contribution < 1.29 is 9.15 Å². The average molecular weight is 324 g/mol. The molecule has 0 saturated heterocycles. The summed E-state index contributed by atoms with van der Waals surface area (Å²) >= 11 is 0. The minimum atomic E-state index is 0.269. The highest BCUT2D eigenvalue weighted by Crippen LogP contribution is 2.23. The molecule has 1 aliphatic rings. The Hall–Kier alpha value is -2.44. The van der Waals surface area contributed by atoms with E-state index in [1.165, 1.54) is 11.3 Å². The number of imidazole rings is 1. The first-order valence-electron chi connectivity index (χ1n) is 8.09. The van der Waals surface area contributed by atoms with Gasteiger partial charge in [-0.05, 0) is 23.8 Å². The summed E-state index contributed by atoms with van der Waals surface area (Å²) in [6.45, 7) is 3.97. The van der Waals surface area contributed by atoms with E-state index >= 15 is 0 Å². The molecule has 124 valence electrons. The average Bonchev–Trinajstić information content (AvgIpc) is 3.27. The maximum Gasteiger partial charge on any atom is 0.0952 e. The number of fused-ring (bicyclic) bond motifs is 1. The lowest BCUT2D eigenvalue weighted by Crippen LogP contribution is -2.38. The predicted octanol–water partition coefficient (Wildman–Crippen LogP) is 2.64. The van der Waals surface area contributed by atoms with Gasteiger partial charge in [-0.25, -0.2) is 4.98 Å². The van der Waals surface area contributed by atoms with Gasteiger partial charge in [-0.2, -0.15) is 0 Å². The van der Waals surface area contributed by atoms with Gasteiger partial charge in [0, 0.05) is 43.8 Å². The number of rotatable bonds is 6. The third-order valence-corrected chi connectivity index (χ3v) is 4.31. The molecule has 3 aromatic rings. The van der Waals surface area contributed by atoms with E-state index in [1.54, 1.807) is 24.9 Å². The van der Waals surface area contributed by atoms with Gasteiger partial charge in [0.2, 0.25) is 0 Å². The zero-order chi connectivity index (χ0) is 16.2. The summed E-state index contributed by atoms with van der Waals surface area (Å²) in [5, 5.41) is 0. The fourth-order valence-electron chi connectivity index (χ4n) is 3.15. The van der Waals surface area contributed by atoms with Crippen LogP contribution in [0.1, 0.15) is 22.9 Å². The van der Waals surface area contributed by atoms with Gasteiger partial charge < -0.3 is 13.7 Å². The van der Waals surface area contributed by atoms with E-state index in [0.717, 1.165) is 25.2 Å². The molecule has 0 spiro atoms. The zero-order valence-electron chi connectivity index (χ0n) is 13.4. The Kier molecular flexibility index (Phi) is 4.40. The van der Waals surface area contributed by atoms with Crippen LogP contribution in [-0.2, 0) is 24.4 Å². The summed E-state index contributed by atoms with van der Waals surface area (Å²) in [7, 11) is 0. The van der Waals surface area contributed by atoms with Crippen molar-refractivity contribution in [3.05, 3.63) is 72.5 Å². The minimum Gasteiger partial charge on any atom is -0.472 e. The first-order valence-corrected chi connectivity index (χ1v) is 8.09. The van der Waals surface area contributed by atoms with Gasteiger partial charge in [-0.3, -0.25) is 9.88 Å². The molecular formula is C18H20N4O2. The molecule has 24 heavy (non-hydrogen) atoms. The molecule has 0 saturated carbocycles.